The summed E-state index contributed by atoms with van der Waals surface area (Å²) in [5.41, 5.74) is 0.854. The van der Waals surface area contributed by atoms with Gasteiger partial charge in [0.05, 0.1) is 19.6 Å². The van der Waals surface area contributed by atoms with Crippen LogP contribution >= 0.6 is 0 Å². The Balaban J connectivity index is 1.52. The van der Waals surface area contributed by atoms with Crippen molar-refractivity contribution in [2.24, 2.45) is 0 Å². The monoisotopic (exact) mass is 334 g/mol. The van der Waals surface area contributed by atoms with Gasteiger partial charge in [0.2, 0.25) is 5.91 Å². The second kappa shape index (κ2) is 7.40. The standard InChI is InChI=1S/C18H26N2O4/c1-18(2,20-5-7-22-8-6-20)13-19-17(21)12-14-3-4-15-16(11-14)24-10-9-23-15/h3-4,11H,5-10,12-13H2,1-2H3,(H,19,21). The highest BCUT2D eigenvalue weighted by molar-refractivity contribution is 5.78. The Labute approximate surface area is 143 Å². The summed E-state index contributed by atoms with van der Waals surface area (Å²) in [6.07, 6.45) is 0.343. The molecule has 0 bridgehead atoms. The van der Waals surface area contributed by atoms with Gasteiger partial charge in [0, 0.05) is 25.2 Å². The van der Waals surface area contributed by atoms with Crippen LogP contribution in [0.5, 0.6) is 11.5 Å². The van der Waals surface area contributed by atoms with Crippen molar-refractivity contribution in [2.45, 2.75) is 25.8 Å². The fraction of sp³-hybridized carbons (Fsp3) is 0.611. The molecule has 2 aliphatic heterocycles. The van der Waals surface area contributed by atoms with Crippen molar-refractivity contribution < 1.29 is 19.0 Å². The molecule has 132 valence electrons. The van der Waals surface area contributed by atoms with E-state index in [1.165, 1.54) is 0 Å². The minimum Gasteiger partial charge on any atom is -0.486 e. The van der Waals surface area contributed by atoms with Crippen molar-refractivity contribution in [3.05, 3.63) is 23.8 Å². The van der Waals surface area contributed by atoms with Gasteiger partial charge in [-0.05, 0) is 31.5 Å². The zero-order valence-corrected chi connectivity index (χ0v) is 14.5. The Morgan fingerprint density at radius 2 is 1.83 bits per heavy atom. The van der Waals surface area contributed by atoms with Crippen molar-refractivity contribution in [1.82, 2.24) is 10.2 Å². The van der Waals surface area contributed by atoms with Crippen LogP contribution in [-0.4, -0.2) is 62.4 Å². The van der Waals surface area contributed by atoms with Crippen LogP contribution in [-0.2, 0) is 16.0 Å². The van der Waals surface area contributed by atoms with Crippen LogP contribution < -0.4 is 14.8 Å². The maximum Gasteiger partial charge on any atom is 0.224 e. The van der Waals surface area contributed by atoms with E-state index in [1.54, 1.807) is 0 Å². The number of benzene rings is 1. The predicted molar refractivity (Wildman–Crippen MR) is 90.6 cm³/mol. The van der Waals surface area contributed by atoms with E-state index in [1.807, 2.05) is 18.2 Å². The molecule has 0 atom stereocenters. The van der Waals surface area contributed by atoms with E-state index in [-0.39, 0.29) is 11.4 Å². The molecule has 3 rings (SSSR count). The normalized spacial score (nSPS) is 18.2. The molecule has 1 aromatic carbocycles. The number of nitrogens with zero attached hydrogens (tertiary/aromatic N) is 1. The Bertz CT molecular complexity index is 582. The number of fused-ring (bicyclic) bond motifs is 1. The third-order valence-electron chi connectivity index (χ3n) is 4.56. The van der Waals surface area contributed by atoms with Gasteiger partial charge in [0.25, 0.3) is 0 Å². The Kier molecular flexibility index (Phi) is 5.26. The molecule has 0 saturated carbocycles. The number of amides is 1. The number of morpholine rings is 1. The highest BCUT2D eigenvalue weighted by Crippen LogP contribution is 2.30. The molecule has 1 N–H and O–H groups in total. The van der Waals surface area contributed by atoms with Crippen molar-refractivity contribution in [2.75, 3.05) is 46.1 Å². The van der Waals surface area contributed by atoms with Crippen LogP contribution in [0.3, 0.4) is 0 Å². The van der Waals surface area contributed by atoms with Gasteiger partial charge >= 0.3 is 0 Å². The first-order chi connectivity index (χ1) is 11.5. The first-order valence-electron chi connectivity index (χ1n) is 8.53. The number of rotatable bonds is 5. The third kappa shape index (κ3) is 4.19. The molecule has 0 aromatic heterocycles. The molecule has 6 heteroatoms. The molecule has 0 aliphatic carbocycles. The van der Waals surface area contributed by atoms with Crippen molar-refractivity contribution >= 4 is 5.91 Å². The number of carbonyl (C=O) groups is 1. The van der Waals surface area contributed by atoms with Gasteiger partial charge in [-0.1, -0.05) is 6.07 Å². The summed E-state index contributed by atoms with van der Waals surface area (Å²) in [6, 6.07) is 5.68. The minimum atomic E-state index is -0.0771. The van der Waals surface area contributed by atoms with E-state index in [0.717, 1.165) is 43.4 Å². The molecule has 0 unspecified atom stereocenters. The summed E-state index contributed by atoms with van der Waals surface area (Å²) in [5, 5.41) is 3.06. The molecular weight excluding hydrogens is 308 g/mol. The van der Waals surface area contributed by atoms with E-state index in [9.17, 15) is 4.79 Å². The van der Waals surface area contributed by atoms with Crippen LogP contribution in [0.15, 0.2) is 18.2 Å². The van der Waals surface area contributed by atoms with Crippen LogP contribution in [0.4, 0.5) is 0 Å². The minimum absolute atomic E-state index is 0.0213. The lowest BCUT2D eigenvalue weighted by Crippen LogP contribution is -2.55. The molecule has 24 heavy (non-hydrogen) atoms. The third-order valence-corrected chi connectivity index (χ3v) is 4.56. The molecule has 2 aliphatic rings. The van der Waals surface area contributed by atoms with Crippen LogP contribution in [0.25, 0.3) is 0 Å². The quantitative estimate of drug-likeness (QED) is 0.878. The fourth-order valence-electron chi connectivity index (χ4n) is 3.04. The second-order valence-electron chi connectivity index (χ2n) is 6.84. The smallest absolute Gasteiger partial charge is 0.224 e. The topological polar surface area (TPSA) is 60.0 Å². The first kappa shape index (κ1) is 17.0. The molecular formula is C18H26N2O4. The van der Waals surface area contributed by atoms with E-state index < -0.39 is 0 Å². The van der Waals surface area contributed by atoms with Gasteiger partial charge in [-0.15, -0.1) is 0 Å². The molecule has 6 nitrogen and oxygen atoms in total. The highest BCUT2D eigenvalue weighted by Gasteiger charge is 2.28. The Morgan fingerprint density at radius 1 is 1.12 bits per heavy atom. The van der Waals surface area contributed by atoms with E-state index in [4.69, 9.17) is 14.2 Å². The molecule has 1 aromatic rings. The first-order valence-corrected chi connectivity index (χ1v) is 8.53. The van der Waals surface area contributed by atoms with Crippen molar-refractivity contribution in [3.63, 3.8) is 0 Å². The number of carbonyl (C=O) groups excluding carboxylic acids is 1. The van der Waals surface area contributed by atoms with E-state index in [0.29, 0.717) is 26.2 Å². The average Bonchev–Trinajstić information content (AvgIpc) is 2.61. The number of nitrogens with one attached hydrogen (secondary N) is 1. The lowest BCUT2D eigenvalue weighted by molar-refractivity contribution is -0.121. The molecule has 1 saturated heterocycles. The fourth-order valence-corrected chi connectivity index (χ4v) is 3.04. The lowest BCUT2D eigenvalue weighted by Gasteiger charge is -2.40. The largest absolute Gasteiger partial charge is 0.486 e. The second-order valence-corrected chi connectivity index (χ2v) is 6.84. The van der Waals surface area contributed by atoms with Gasteiger partial charge in [-0.2, -0.15) is 0 Å². The molecule has 0 radical (unpaired) electrons. The Morgan fingerprint density at radius 3 is 2.58 bits per heavy atom. The summed E-state index contributed by atoms with van der Waals surface area (Å²) >= 11 is 0. The van der Waals surface area contributed by atoms with Crippen molar-refractivity contribution in [3.8, 4) is 11.5 Å². The zero-order chi connectivity index (χ0) is 17.0. The molecule has 1 fully saturated rings. The van der Waals surface area contributed by atoms with Gasteiger partial charge in [0.15, 0.2) is 11.5 Å². The maximum atomic E-state index is 12.3. The molecule has 1 amide bonds. The SMILES string of the molecule is CC(C)(CNC(=O)Cc1ccc2c(c1)OCCO2)N1CCOCC1. The molecule has 2 heterocycles. The van der Waals surface area contributed by atoms with Crippen LogP contribution in [0.1, 0.15) is 19.4 Å². The predicted octanol–water partition coefficient (Wildman–Crippen LogP) is 1.23. The maximum absolute atomic E-state index is 12.3. The van der Waals surface area contributed by atoms with E-state index in [2.05, 4.69) is 24.1 Å². The van der Waals surface area contributed by atoms with Gasteiger partial charge in [-0.25, -0.2) is 0 Å². The number of ether oxygens (including phenoxy) is 3. The summed E-state index contributed by atoms with van der Waals surface area (Å²) < 4.78 is 16.5. The summed E-state index contributed by atoms with van der Waals surface area (Å²) in [4.78, 5) is 14.6. The van der Waals surface area contributed by atoms with Crippen LogP contribution in [0.2, 0.25) is 0 Å². The van der Waals surface area contributed by atoms with Gasteiger partial charge in [0.1, 0.15) is 13.2 Å². The summed E-state index contributed by atoms with van der Waals surface area (Å²) in [6.45, 7) is 9.39. The number of hydrogen-bond acceptors (Lipinski definition) is 5. The highest BCUT2D eigenvalue weighted by atomic mass is 16.6. The average molecular weight is 334 g/mol. The van der Waals surface area contributed by atoms with E-state index >= 15 is 0 Å². The molecule has 0 spiro atoms. The zero-order valence-electron chi connectivity index (χ0n) is 14.5. The summed E-state index contributed by atoms with van der Waals surface area (Å²) in [5.74, 6) is 1.49. The van der Waals surface area contributed by atoms with Gasteiger partial charge < -0.3 is 19.5 Å². The van der Waals surface area contributed by atoms with Crippen LogP contribution in [0, 0.1) is 0 Å². The Hall–Kier alpha value is -1.79. The van der Waals surface area contributed by atoms with Gasteiger partial charge in [-0.3, -0.25) is 9.69 Å². The van der Waals surface area contributed by atoms with Crippen molar-refractivity contribution in [1.29, 1.82) is 0 Å². The summed E-state index contributed by atoms with van der Waals surface area (Å²) in [7, 11) is 0. The number of hydrogen-bond donors (Lipinski definition) is 1. The lowest BCUT2D eigenvalue weighted by atomic mass is 10.0.